The third kappa shape index (κ3) is 2.14. The van der Waals surface area contributed by atoms with Crippen LogP contribution in [0.1, 0.15) is 17.9 Å². The maximum Gasteiger partial charge on any atom is 0.0465 e. The monoisotopic (exact) mass is 292 g/mol. The van der Waals surface area contributed by atoms with Gasteiger partial charge in [0, 0.05) is 28.1 Å². The third-order valence-electron chi connectivity index (χ3n) is 3.61. The van der Waals surface area contributed by atoms with E-state index in [4.69, 9.17) is 0 Å². The average Bonchev–Trinajstić information content (AvgIpc) is 2.94. The van der Waals surface area contributed by atoms with E-state index in [0.29, 0.717) is 0 Å². The van der Waals surface area contributed by atoms with Crippen molar-refractivity contribution in [2.75, 3.05) is 20.6 Å². The minimum atomic E-state index is 0.767. The first-order valence-corrected chi connectivity index (χ1v) is 6.85. The molecule has 0 bridgehead atoms. The Labute approximate surface area is 110 Å². The number of hydrogen-bond acceptors (Lipinski definition) is 1. The van der Waals surface area contributed by atoms with Crippen molar-refractivity contribution >= 4 is 26.8 Å². The molecule has 1 aromatic carbocycles. The first kappa shape index (κ1) is 11.3. The van der Waals surface area contributed by atoms with Gasteiger partial charge in [-0.2, -0.15) is 0 Å². The maximum absolute atomic E-state index is 3.59. The van der Waals surface area contributed by atoms with Crippen molar-refractivity contribution in [2.45, 2.75) is 12.3 Å². The molecule has 1 saturated carbocycles. The largest absolute Gasteiger partial charge is 0.360 e. The highest BCUT2D eigenvalue weighted by molar-refractivity contribution is 9.10. The van der Waals surface area contributed by atoms with E-state index in [1.165, 1.54) is 33.9 Å². The Bertz CT molecular complexity index is 544. The molecule has 2 aromatic rings. The first-order chi connectivity index (χ1) is 8.15. The summed E-state index contributed by atoms with van der Waals surface area (Å²) in [5.74, 6) is 1.61. The van der Waals surface area contributed by atoms with Crippen molar-refractivity contribution in [3.8, 4) is 0 Å². The molecule has 2 unspecified atom stereocenters. The topological polar surface area (TPSA) is 19.0 Å². The van der Waals surface area contributed by atoms with Crippen LogP contribution in [-0.2, 0) is 0 Å². The van der Waals surface area contributed by atoms with Gasteiger partial charge in [0.15, 0.2) is 0 Å². The van der Waals surface area contributed by atoms with E-state index in [1.54, 1.807) is 0 Å². The zero-order valence-corrected chi connectivity index (χ0v) is 11.8. The second kappa shape index (κ2) is 4.14. The number of halogens is 1. The van der Waals surface area contributed by atoms with Gasteiger partial charge in [0.05, 0.1) is 0 Å². The molecule has 1 N–H and O–H groups in total. The van der Waals surface area contributed by atoms with Crippen LogP contribution in [0.25, 0.3) is 10.9 Å². The number of fused-ring (bicyclic) bond motifs is 1. The molecule has 2 atom stereocenters. The maximum atomic E-state index is 3.59. The van der Waals surface area contributed by atoms with Gasteiger partial charge in [0.25, 0.3) is 0 Å². The van der Waals surface area contributed by atoms with Crippen LogP contribution in [-0.4, -0.2) is 30.5 Å². The Hall–Kier alpha value is -0.800. The lowest BCUT2D eigenvalue weighted by atomic mass is 10.1. The van der Waals surface area contributed by atoms with E-state index in [1.807, 2.05) is 6.20 Å². The molecule has 17 heavy (non-hydrogen) atoms. The molecule has 0 saturated heterocycles. The van der Waals surface area contributed by atoms with Crippen LogP contribution in [0.15, 0.2) is 28.9 Å². The summed E-state index contributed by atoms with van der Waals surface area (Å²) in [5, 5.41) is 1.30. The molecular weight excluding hydrogens is 276 g/mol. The molecule has 0 amide bonds. The van der Waals surface area contributed by atoms with Crippen molar-refractivity contribution in [1.82, 2.24) is 9.88 Å². The fourth-order valence-corrected chi connectivity index (χ4v) is 3.10. The van der Waals surface area contributed by atoms with Gasteiger partial charge in [-0.15, -0.1) is 0 Å². The van der Waals surface area contributed by atoms with Crippen molar-refractivity contribution < 1.29 is 0 Å². The van der Waals surface area contributed by atoms with Gasteiger partial charge in [-0.3, -0.25) is 0 Å². The Balaban J connectivity index is 1.85. The fourth-order valence-electron chi connectivity index (χ4n) is 2.66. The number of benzene rings is 1. The lowest BCUT2D eigenvalue weighted by molar-refractivity contribution is 0.385. The quantitative estimate of drug-likeness (QED) is 0.916. The number of nitrogens with one attached hydrogen (secondary N) is 1. The molecule has 1 aliphatic rings. The molecule has 3 rings (SSSR count). The summed E-state index contributed by atoms with van der Waals surface area (Å²) in [5.41, 5.74) is 2.70. The molecule has 1 heterocycles. The van der Waals surface area contributed by atoms with Gasteiger partial charge >= 0.3 is 0 Å². The normalized spacial score (nSPS) is 23.5. The van der Waals surface area contributed by atoms with E-state index in [2.05, 4.69) is 58.1 Å². The Morgan fingerprint density at radius 3 is 3.00 bits per heavy atom. The smallest absolute Gasteiger partial charge is 0.0465 e. The summed E-state index contributed by atoms with van der Waals surface area (Å²) in [4.78, 5) is 5.55. The molecular formula is C14H17BrN2. The first-order valence-electron chi connectivity index (χ1n) is 6.06. The lowest BCUT2D eigenvalue weighted by Gasteiger charge is -2.08. The summed E-state index contributed by atoms with van der Waals surface area (Å²) in [7, 11) is 4.31. The van der Waals surface area contributed by atoms with E-state index >= 15 is 0 Å². The van der Waals surface area contributed by atoms with Gasteiger partial charge in [-0.05, 0) is 66.0 Å². The van der Waals surface area contributed by atoms with E-state index in [9.17, 15) is 0 Å². The van der Waals surface area contributed by atoms with Crippen LogP contribution in [0.2, 0.25) is 0 Å². The van der Waals surface area contributed by atoms with Crippen LogP contribution in [0, 0.1) is 5.92 Å². The molecule has 0 aliphatic heterocycles. The second-order valence-corrected chi connectivity index (χ2v) is 6.16. The van der Waals surface area contributed by atoms with Gasteiger partial charge in [0.1, 0.15) is 0 Å². The van der Waals surface area contributed by atoms with Crippen molar-refractivity contribution in [3.63, 3.8) is 0 Å². The summed E-state index contributed by atoms with van der Waals surface area (Å²) in [6.07, 6.45) is 3.35. The average molecular weight is 293 g/mol. The second-order valence-electron chi connectivity index (χ2n) is 5.31. The molecule has 3 heteroatoms. The molecule has 0 spiro atoms. The van der Waals surface area contributed by atoms with E-state index in [-0.39, 0.29) is 0 Å². The molecule has 0 radical (unpaired) electrons. The third-order valence-corrected chi connectivity index (χ3v) is 4.26. The van der Waals surface area contributed by atoms with Crippen LogP contribution in [0.3, 0.4) is 0 Å². The molecule has 1 aromatic heterocycles. The van der Waals surface area contributed by atoms with Crippen molar-refractivity contribution in [2.24, 2.45) is 5.92 Å². The number of rotatable bonds is 3. The SMILES string of the molecule is CN(C)CC1CC1c1ccc2[nH]cc(Br)c2c1. The van der Waals surface area contributed by atoms with Gasteiger partial charge in [-0.1, -0.05) is 6.07 Å². The van der Waals surface area contributed by atoms with E-state index in [0.717, 1.165) is 11.8 Å². The molecule has 2 nitrogen and oxygen atoms in total. The van der Waals surface area contributed by atoms with Gasteiger partial charge in [0.2, 0.25) is 0 Å². The standard InChI is InChI=1S/C14H17BrN2/c1-17(2)8-10-6-11(10)9-3-4-14-12(5-9)13(15)7-16-14/h3-5,7,10-11,16H,6,8H2,1-2H3. The number of nitrogens with zero attached hydrogens (tertiary/aromatic N) is 1. The van der Waals surface area contributed by atoms with Crippen molar-refractivity contribution in [3.05, 3.63) is 34.4 Å². The lowest BCUT2D eigenvalue weighted by Crippen LogP contribution is -2.15. The summed E-state index contributed by atoms with van der Waals surface area (Å²) >= 11 is 3.59. The van der Waals surface area contributed by atoms with Crippen LogP contribution < -0.4 is 0 Å². The highest BCUT2D eigenvalue weighted by atomic mass is 79.9. The highest BCUT2D eigenvalue weighted by Gasteiger charge is 2.38. The number of H-pyrrole nitrogens is 1. The van der Waals surface area contributed by atoms with E-state index < -0.39 is 0 Å². The summed E-state index contributed by atoms with van der Waals surface area (Å²) < 4.78 is 1.17. The zero-order valence-electron chi connectivity index (χ0n) is 10.2. The highest BCUT2D eigenvalue weighted by Crippen LogP contribution is 2.48. The molecule has 90 valence electrons. The number of aromatic nitrogens is 1. The minimum Gasteiger partial charge on any atom is -0.360 e. The Kier molecular flexibility index (Phi) is 2.75. The number of hydrogen-bond donors (Lipinski definition) is 1. The summed E-state index contributed by atoms with van der Waals surface area (Å²) in [6.45, 7) is 1.21. The van der Waals surface area contributed by atoms with Crippen LogP contribution >= 0.6 is 15.9 Å². The Morgan fingerprint density at radius 2 is 2.24 bits per heavy atom. The van der Waals surface area contributed by atoms with Crippen LogP contribution in [0.5, 0.6) is 0 Å². The fraction of sp³-hybridized carbons (Fsp3) is 0.429. The molecule has 1 aliphatic carbocycles. The molecule has 1 fully saturated rings. The van der Waals surface area contributed by atoms with Gasteiger partial charge in [-0.25, -0.2) is 0 Å². The summed E-state index contributed by atoms with van der Waals surface area (Å²) in [6, 6.07) is 6.79. The predicted molar refractivity (Wildman–Crippen MR) is 75.4 cm³/mol. The zero-order chi connectivity index (χ0) is 12.0. The minimum absolute atomic E-state index is 0.767. The Morgan fingerprint density at radius 1 is 1.41 bits per heavy atom. The van der Waals surface area contributed by atoms with Crippen LogP contribution in [0.4, 0.5) is 0 Å². The number of aromatic amines is 1. The van der Waals surface area contributed by atoms with Crippen molar-refractivity contribution in [1.29, 1.82) is 0 Å². The van der Waals surface area contributed by atoms with Gasteiger partial charge < -0.3 is 9.88 Å². The predicted octanol–water partition coefficient (Wildman–Crippen LogP) is 3.60.